The molecule has 0 fully saturated rings. The zero-order valence-corrected chi connectivity index (χ0v) is 11.8. The molecule has 0 spiro atoms. The fourth-order valence-corrected chi connectivity index (χ4v) is 2.13. The van der Waals surface area contributed by atoms with Gasteiger partial charge in [-0.15, -0.1) is 0 Å². The summed E-state index contributed by atoms with van der Waals surface area (Å²) in [5.41, 5.74) is -0.880. The van der Waals surface area contributed by atoms with Crippen molar-refractivity contribution in [3.8, 4) is 5.75 Å². The molecule has 0 unspecified atom stereocenters. The standard InChI is InChI=1S/C12H13BrF2O3/c1-12(2,5-8(16)17)6-4-7(13)10(15)11(18-3)9(6)14/h4H,5H2,1-3H3,(H,16,17). The van der Waals surface area contributed by atoms with Gasteiger partial charge in [-0.2, -0.15) is 0 Å². The zero-order chi connectivity index (χ0) is 14.1. The van der Waals surface area contributed by atoms with Gasteiger partial charge in [0.2, 0.25) is 0 Å². The minimum atomic E-state index is -1.06. The molecule has 0 heterocycles. The van der Waals surface area contributed by atoms with Gasteiger partial charge in [-0.05, 0) is 27.6 Å². The topological polar surface area (TPSA) is 46.5 Å². The molecule has 1 aromatic rings. The molecule has 1 N–H and O–H groups in total. The number of hydrogen-bond acceptors (Lipinski definition) is 2. The van der Waals surface area contributed by atoms with E-state index < -0.39 is 28.8 Å². The Kier molecular flexibility index (Phi) is 4.32. The van der Waals surface area contributed by atoms with Crippen molar-refractivity contribution in [3.63, 3.8) is 0 Å². The molecule has 0 aliphatic heterocycles. The van der Waals surface area contributed by atoms with Crippen LogP contribution < -0.4 is 4.74 Å². The van der Waals surface area contributed by atoms with Crippen molar-refractivity contribution < 1.29 is 23.4 Å². The molecule has 6 heteroatoms. The van der Waals surface area contributed by atoms with Gasteiger partial charge >= 0.3 is 5.97 Å². The first kappa shape index (κ1) is 14.9. The van der Waals surface area contributed by atoms with E-state index in [9.17, 15) is 13.6 Å². The van der Waals surface area contributed by atoms with Crippen LogP contribution in [0.2, 0.25) is 0 Å². The molecule has 0 radical (unpaired) electrons. The first-order valence-corrected chi connectivity index (χ1v) is 5.93. The molecular weight excluding hydrogens is 310 g/mol. The highest BCUT2D eigenvalue weighted by molar-refractivity contribution is 9.10. The Balaban J connectivity index is 3.42. The summed E-state index contributed by atoms with van der Waals surface area (Å²) in [6.07, 6.45) is -0.273. The summed E-state index contributed by atoms with van der Waals surface area (Å²) < 4.78 is 32.4. The van der Waals surface area contributed by atoms with Crippen molar-refractivity contribution in [2.24, 2.45) is 0 Å². The summed E-state index contributed by atoms with van der Waals surface area (Å²) in [6.45, 7) is 3.15. The second-order valence-corrected chi connectivity index (χ2v) is 5.38. The average Bonchev–Trinajstić information content (AvgIpc) is 2.22. The first-order valence-electron chi connectivity index (χ1n) is 5.14. The summed E-state index contributed by atoms with van der Waals surface area (Å²) in [6, 6.07) is 1.25. The molecule has 0 saturated carbocycles. The first-order chi connectivity index (χ1) is 8.20. The van der Waals surface area contributed by atoms with E-state index in [-0.39, 0.29) is 16.5 Å². The van der Waals surface area contributed by atoms with Crippen LogP contribution in [-0.4, -0.2) is 18.2 Å². The van der Waals surface area contributed by atoms with E-state index in [1.54, 1.807) is 13.8 Å². The van der Waals surface area contributed by atoms with Crippen LogP contribution in [-0.2, 0) is 10.2 Å². The van der Waals surface area contributed by atoms with E-state index in [2.05, 4.69) is 20.7 Å². The number of carboxylic acids is 1. The van der Waals surface area contributed by atoms with E-state index in [0.717, 1.165) is 7.11 Å². The molecule has 0 saturated heterocycles. The predicted molar refractivity (Wildman–Crippen MR) is 65.9 cm³/mol. The predicted octanol–water partition coefficient (Wildman–Crippen LogP) is 3.49. The van der Waals surface area contributed by atoms with Crippen molar-refractivity contribution in [1.29, 1.82) is 0 Å². The van der Waals surface area contributed by atoms with Gasteiger partial charge < -0.3 is 9.84 Å². The molecule has 0 aliphatic rings. The smallest absolute Gasteiger partial charge is 0.304 e. The number of carboxylic acid groups (broad SMARTS) is 1. The minimum absolute atomic E-state index is 0.0363. The number of benzene rings is 1. The highest BCUT2D eigenvalue weighted by Crippen LogP contribution is 2.38. The van der Waals surface area contributed by atoms with E-state index in [4.69, 9.17) is 5.11 Å². The fraction of sp³-hybridized carbons (Fsp3) is 0.417. The summed E-state index contributed by atoms with van der Waals surface area (Å²) in [4.78, 5) is 10.8. The van der Waals surface area contributed by atoms with Crippen LogP contribution in [0.15, 0.2) is 10.5 Å². The lowest BCUT2D eigenvalue weighted by atomic mass is 9.81. The number of methoxy groups -OCH3 is 1. The molecule has 0 atom stereocenters. The van der Waals surface area contributed by atoms with Gasteiger partial charge in [-0.1, -0.05) is 13.8 Å². The molecule has 0 aliphatic carbocycles. The maximum absolute atomic E-state index is 14.1. The van der Waals surface area contributed by atoms with Crippen LogP contribution in [0.4, 0.5) is 8.78 Å². The maximum atomic E-state index is 14.1. The quantitative estimate of drug-likeness (QED) is 0.863. The summed E-state index contributed by atoms with van der Waals surface area (Å²) in [5.74, 6) is -3.29. The number of halogens is 3. The van der Waals surface area contributed by atoms with Crippen molar-refractivity contribution in [3.05, 3.63) is 27.7 Å². The van der Waals surface area contributed by atoms with E-state index in [1.165, 1.54) is 6.07 Å². The van der Waals surface area contributed by atoms with Crippen LogP contribution in [0.3, 0.4) is 0 Å². The van der Waals surface area contributed by atoms with Crippen molar-refractivity contribution in [1.82, 2.24) is 0 Å². The lowest BCUT2D eigenvalue weighted by molar-refractivity contribution is -0.138. The summed E-state index contributed by atoms with van der Waals surface area (Å²) in [5, 5.41) is 8.81. The van der Waals surface area contributed by atoms with Crippen LogP contribution in [0, 0.1) is 11.6 Å². The lowest BCUT2D eigenvalue weighted by Crippen LogP contribution is -2.23. The molecule has 1 rings (SSSR count). The van der Waals surface area contributed by atoms with Crippen LogP contribution in [0.1, 0.15) is 25.8 Å². The third kappa shape index (κ3) is 2.80. The van der Waals surface area contributed by atoms with Crippen molar-refractivity contribution >= 4 is 21.9 Å². The van der Waals surface area contributed by atoms with E-state index in [1.807, 2.05) is 0 Å². The molecule has 0 aromatic heterocycles. The highest BCUT2D eigenvalue weighted by Gasteiger charge is 2.31. The molecule has 100 valence electrons. The monoisotopic (exact) mass is 322 g/mol. The Bertz CT molecular complexity index is 487. The lowest BCUT2D eigenvalue weighted by Gasteiger charge is -2.25. The second kappa shape index (κ2) is 5.22. The Hall–Kier alpha value is -1.17. The van der Waals surface area contributed by atoms with Gasteiger partial charge in [0.05, 0.1) is 18.0 Å². The highest BCUT2D eigenvalue weighted by atomic mass is 79.9. The molecule has 0 amide bonds. The molecule has 0 bridgehead atoms. The van der Waals surface area contributed by atoms with Gasteiger partial charge in [0.25, 0.3) is 0 Å². The number of carbonyl (C=O) groups is 1. The van der Waals surface area contributed by atoms with Crippen molar-refractivity contribution in [2.75, 3.05) is 7.11 Å². The molecule has 18 heavy (non-hydrogen) atoms. The second-order valence-electron chi connectivity index (χ2n) is 4.52. The van der Waals surface area contributed by atoms with E-state index >= 15 is 0 Å². The average molecular weight is 323 g/mol. The molecule has 1 aromatic carbocycles. The number of ether oxygens (including phenoxy) is 1. The molecule has 3 nitrogen and oxygen atoms in total. The third-order valence-electron chi connectivity index (χ3n) is 2.64. The zero-order valence-electron chi connectivity index (χ0n) is 10.2. The Morgan fingerprint density at radius 2 is 2.00 bits per heavy atom. The SMILES string of the molecule is COc1c(F)c(Br)cc(C(C)(C)CC(=O)O)c1F. The van der Waals surface area contributed by atoms with Gasteiger partial charge in [-0.25, -0.2) is 8.78 Å². The number of aliphatic carboxylic acids is 1. The summed E-state index contributed by atoms with van der Waals surface area (Å²) in [7, 11) is 1.15. The number of hydrogen-bond donors (Lipinski definition) is 1. The van der Waals surface area contributed by atoms with Crippen LogP contribution >= 0.6 is 15.9 Å². The number of rotatable bonds is 4. The Morgan fingerprint density at radius 1 is 1.44 bits per heavy atom. The maximum Gasteiger partial charge on any atom is 0.304 e. The van der Waals surface area contributed by atoms with Crippen LogP contribution in [0.5, 0.6) is 5.75 Å². The van der Waals surface area contributed by atoms with Gasteiger partial charge in [-0.3, -0.25) is 4.79 Å². The van der Waals surface area contributed by atoms with Gasteiger partial charge in [0.1, 0.15) is 0 Å². The fourth-order valence-electron chi connectivity index (χ4n) is 1.73. The largest absolute Gasteiger partial charge is 0.491 e. The third-order valence-corrected chi connectivity index (χ3v) is 3.22. The summed E-state index contributed by atoms with van der Waals surface area (Å²) >= 11 is 2.96. The van der Waals surface area contributed by atoms with E-state index in [0.29, 0.717) is 0 Å². The normalized spacial score (nSPS) is 11.4. The minimum Gasteiger partial charge on any atom is -0.491 e. The molecular formula is C12H13BrF2O3. The van der Waals surface area contributed by atoms with Crippen molar-refractivity contribution in [2.45, 2.75) is 25.7 Å². The Morgan fingerprint density at radius 3 is 2.44 bits per heavy atom. The van der Waals surface area contributed by atoms with Gasteiger partial charge in [0, 0.05) is 5.41 Å². The van der Waals surface area contributed by atoms with Gasteiger partial charge in [0.15, 0.2) is 17.4 Å². The Labute approximate surface area is 112 Å². The van der Waals surface area contributed by atoms with Crippen LogP contribution in [0.25, 0.3) is 0 Å².